The van der Waals surface area contributed by atoms with Crippen LogP contribution in [0.5, 0.6) is 6.01 Å². The van der Waals surface area contributed by atoms with Crippen LogP contribution in [0, 0.1) is 13.8 Å². The molecule has 0 aliphatic carbocycles. The maximum absolute atomic E-state index is 5.34. The van der Waals surface area contributed by atoms with Gasteiger partial charge in [0.2, 0.25) is 0 Å². The molecule has 0 saturated carbocycles. The van der Waals surface area contributed by atoms with E-state index in [0.29, 0.717) is 12.6 Å². The zero-order valence-corrected chi connectivity index (χ0v) is 9.58. The third kappa shape index (κ3) is 4.20. The van der Waals surface area contributed by atoms with Crippen LogP contribution in [0.25, 0.3) is 0 Å². The number of ether oxygens (including phenoxy) is 1. The number of hydrogen-bond acceptors (Lipinski definition) is 5. The van der Waals surface area contributed by atoms with Gasteiger partial charge in [0.1, 0.15) is 6.61 Å². The second-order valence-electron chi connectivity index (χ2n) is 3.36. The van der Waals surface area contributed by atoms with Gasteiger partial charge >= 0.3 is 6.01 Å². The number of rotatable bonds is 6. The molecule has 1 rings (SSSR count). The maximum atomic E-state index is 5.34. The van der Waals surface area contributed by atoms with E-state index in [0.717, 1.165) is 30.9 Å². The van der Waals surface area contributed by atoms with Crippen molar-refractivity contribution in [1.29, 1.82) is 0 Å². The topological polar surface area (TPSA) is 59.9 Å². The lowest BCUT2D eigenvalue weighted by Gasteiger charge is -2.05. The van der Waals surface area contributed by atoms with Crippen molar-refractivity contribution < 1.29 is 4.74 Å². The molecule has 0 saturated heterocycles. The Morgan fingerprint density at radius 2 is 1.93 bits per heavy atom. The average molecular weight is 210 g/mol. The van der Waals surface area contributed by atoms with Gasteiger partial charge in [0.05, 0.1) is 11.4 Å². The van der Waals surface area contributed by atoms with Crippen molar-refractivity contribution in [2.45, 2.75) is 27.2 Å². The Bertz CT molecular complexity index is 303. The van der Waals surface area contributed by atoms with Crippen LogP contribution in [0.3, 0.4) is 0 Å². The maximum Gasteiger partial charge on any atom is 0.335 e. The molecule has 84 valence electrons. The van der Waals surface area contributed by atoms with Crippen LogP contribution in [0.4, 0.5) is 0 Å². The Labute approximate surface area is 90.3 Å². The SMILES string of the molecule is CCCNCCOc1nnc(C)c(C)n1. The van der Waals surface area contributed by atoms with Crippen molar-refractivity contribution in [3.63, 3.8) is 0 Å². The first kappa shape index (κ1) is 11.8. The number of aryl methyl sites for hydroxylation is 2. The molecule has 0 radical (unpaired) electrons. The van der Waals surface area contributed by atoms with Gasteiger partial charge in [-0.2, -0.15) is 4.98 Å². The molecular weight excluding hydrogens is 192 g/mol. The van der Waals surface area contributed by atoms with Crippen LogP contribution >= 0.6 is 0 Å². The van der Waals surface area contributed by atoms with E-state index in [-0.39, 0.29) is 0 Å². The second kappa shape index (κ2) is 6.29. The van der Waals surface area contributed by atoms with Crippen LogP contribution in [-0.2, 0) is 0 Å². The van der Waals surface area contributed by atoms with Crippen LogP contribution in [0.1, 0.15) is 24.7 Å². The molecule has 1 aromatic heterocycles. The molecule has 1 heterocycles. The van der Waals surface area contributed by atoms with Crippen molar-refractivity contribution in [3.8, 4) is 6.01 Å². The molecule has 0 amide bonds. The van der Waals surface area contributed by atoms with Gasteiger partial charge in [-0.05, 0) is 26.8 Å². The first-order chi connectivity index (χ1) is 7.24. The molecule has 5 heteroatoms. The summed E-state index contributed by atoms with van der Waals surface area (Å²) in [6, 6.07) is 0.358. The molecule has 0 aromatic carbocycles. The van der Waals surface area contributed by atoms with Crippen molar-refractivity contribution >= 4 is 0 Å². The molecule has 1 N–H and O–H groups in total. The molecule has 0 bridgehead atoms. The van der Waals surface area contributed by atoms with Crippen LogP contribution in [0.15, 0.2) is 0 Å². The molecule has 0 fully saturated rings. The van der Waals surface area contributed by atoms with E-state index in [1.165, 1.54) is 0 Å². The van der Waals surface area contributed by atoms with Gasteiger partial charge in [-0.15, -0.1) is 5.10 Å². The molecule has 0 aliphatic rings. The van der Waals surface area contributed by atoms with E-state index < -0.39 is 0 Å². The summed E-state index contributed by atoms with van der Waals surface area (Å²) in [6.07, 6.45) is 1.13. The molecule has 0 unspecified atom stereocenters. The Morgan fingerprint density at radius 1 is 1.13 bits per heavy atom. The third-order valence-electron chi connectivity index (χ3n) is 2.01. The highest BCUT2D eigenvalue weighted by Crippen LogP contribution is 2.03. The summed E-state index contributed by atoms with van der Waals surface area (Å²) in [6.45, 7) is 8.29. The van der Waals surface area contributed by atoms with Gasteiger partial charge < -0.3 is 10.1 Å². The molecule has 15 heavy (non-hydrogen) atoms. The fourth-order valence-corrected chi connectivity index (χ4v) is 1.01. The predicted octanol–water partition coefficient (Wildman–Crippen LogP) is 0.867. The fourth-order valence-electron chi connectivity index (χ4n) is 1.01. The van der Waals surface area contributed by atoms with E-state index >= 15 is 0 Å². The lowest BCUT2D eigenvalue weighted by molar-refractivity contribution is 0.285. The van der Waals surface area contributed by atoms with E-state index in [1.54, 1.807) is 0 Å². The summed E-state index contributed by atoms with van der Waals surface area (Å²) in [5.74, 6) is 0. The highest BCUT2D eigenvalue weighted by molar-refractivity contribution is 5.07. The number of nitrogens with one attached hydrogen (secondary N) is 1. The number of nitrogens with zero attached hydrogens (tertiary/aromatic N) is 3. The monoisotopic (exact) mass is 210 g/mol. The minimum atomic E-state index is 0.358. The minimum absolute atomic E-state index is 0.358. The van der Waals surface area contributed by atoms with Crippen LogP contribution in [-0.4, -0.2) is 34.9 Å². The molecule has 0 aliphatic heterocycles. The molecule has 0 atom stereocenters. The quantitative estimate of drug-likeness (QED) is 0.706. The van der Waals surface area contributed by atoms with Gasteiger partial charge in [-0.1, -0.05) is 12.0 Å². The Kier molecular flexibility index (Phi) is 4.97. The van der Waals surface area contributed by atoms with Gasteiger partial charge in [0, 0.05) is 6.54 Å². The Balaban J connectivity index is 2.28. The van der Waals surface area contributed by atoms with Crippen molar-refractivity contribution in [1.82, 2.24) is 20.5 Å². The standard InChI is InChI=1S/C10H18N4O/c1-4-5-11-6-7-15-10-12-8(2)9(3)13-14-10/h11H,4-7H2,1-3H3. The third-order valence-corrected chi connectivity index (χ3v) is 2.01. The average Bonchev–Trinajstić information content (AvgIpc) is 2.23. The largest absolute Gasteiger partial charge is 0.461 e. The van der Waals surface area contributed by atoms with Gasteiger partial charge in [-0.25, -0.2) is 0 Å². The second-order valence-corrected chi connectivity index (χ2v) is 3.36. The summed E-state index contributed by atoms with van der Waals surface area (Å²) in [4.78, 5) is 4.17. The van der Waals surface area contributed by atoms with E-state index in [1.807, 2.05) is 13.8 Å². The normalized spacial score (nSPS) is 10.3. The zero-order valence-electron chi connectivity index (χ0n) is 9.58. The minimum Gasteiger partial charge on any atom is -0.461 e. The van der Waals surface area contributed by atoms with Gasteiger partial charge in [-0.3, -0.25) is 0 Å². The number of aromatic nitrogens is 3. The van der Waals surface area contributed by atoms with Crippen molar-refractivity contribution in [3.05, 3.63) is 11.4 Å². The first-order valence-corrected chi connectivity index (χ1v) is 5.25. The Hall–Kier alpha value is -1.23. The number of hydrogen-bond donors (Lipinski definition) is 1. The smallest absolute Gasteiger partial charge is 0.335 e. The lowest BCUT2D eigenvalue weighted by Crippen LogP contribution is -2.22. The summed E-state index contributed by atoms with van der Waals surface area (Å²) in [5, 5.41) is 11.0. The van der Waals surface area contributed by atoms with E-state index in [9.17, 15) is 0 Å². The Morgan fingerprint density at radius 3 is 2.60 bits per heavy atom. The van der Waals surface area contributed by atoms with Gasteiger partial charge in [0.15, 0.2) is 0 Å². The molecule has 5 nitrogen and oxygen atoms in total. The van der Waals surface area contributed by atoms with Crippen molar-refractivity contribution in [2.75, 3.05) is 19.7 Å². The lowest BCUT2D eigenvalue weighted by atomic mass is 10.4. The summed E-state index contributed by atoms with van der Waals surface area (Å²) in [5.41, 5.74) is 1.70. The van der Waals surface area contributed by atoms with Crippen LogP contribution in [0.2, 0.25) is 0 Å². The zero-order chi connectivity index (χ0) is 11.1. The fraction of sp³-hybridized carbons (Fsp3) is 0.700. The van der Waals surface area contributed by atoms with Gasteiger partial charge in [0.25, 0.3) is 0 Å². The van der Waals surface area contributed by atoms with E-state index in [4.69, 9.17) is 4.74 Å². The molecular formula is C10H18N4O. The van der Waals surface area contributed by atoms with E-state index in [2.05, 4.69) is 27.4 Å². The summed E-state index contributed by atoms with van der Waals surface area (Å²) < 4.78 is 5.34. The predicted molar refractivity (Wildman–Crippen MR) is 58.0 cm³/mol. The first-order valence-electron chi connectivity index (χ1n) is 5.25. The molecule has 1 aromatic rings. The summed E-state index contributed by atoms with van der Waals surface area (Å²) >= 11 is 0. The summed E-state index contributed by atoms with van der Waals surface area (Å²) in [7, 11) is 0. The highest BCUT2D eigenvalue weighted by atomic mass is 16.5. The molecule has 0 spiro atoms. The van der Waals surface area contributed by atoms with Crippen LogP contribution < -0.4 is 10.1 Å². The highest BCUT2D eigenvalue weighted by Gasteiger charge is 2.01. The van der Waals surface area contributed by atoms with Crippen molar-refractivity contribution in [2.24, 2.45) is 0 Å².